The van der Waals surface area contributed by atoms with Crippen LogP contribution in [0.25, 0.3) is 0 Å². The van der Waals surface area contributed by atoms with Gasteiger partial charge in [0.05, 0.1) is 12.2 Å². The maximum atomic E-state index is 12.3. The molecule has 0 unspecified atom stereocenters. The van der Waals surface area contributed by atoms with E-state index in [1.807, 2.05) is 5.57 Å². The zero-order valence-corrected chi connectivity index (χ0v) is 27.5. The first-order valence-electron chi connectivity index (χ1n) is 18.2. The molecule has 0 amide bonds. The molecule has 0 aliphatic heterocycles. The highest BCUT2D eigenvalue weighted by molar-refractivity contribution is 5.87. The number of ketones is 1. The fraction of sp³-hybridized carbons (Fsp3) is 0.872. The van der Waals surface area contributed by atoms with E-state index in [1.165, 1.54) is 51.4 Å². The van der Waals surface area contributed by atoms with Crippen molar-refractivity contribution in [2.24, 2.45) is 63.1 Å². The zero-order chi connectivity index (χ0) is 29.7. The van der Waals surface area contributed by atoms with Crippen molar-refractivity contribution in [1.29, 1.82) is 0 Å². The number of fused-ring (bicyclic) bond motifs is 10. The van der Waals surface area contributed by atoms with Gasteiger partial charge in [0, 0.05) is 11.8 Å². The van der Waals surface area contributed by atoms with Crippen molar-refractivity contribution in [2.45, 2.75) is 150 Å². The van der Waals surface area contributed by atoms with Gasteiger partial charge in [-0.15, -0.1) is 0 Å². The number of hydrogen-bond donors (Lipinski definition) is 2. The molecule has 0 bridgehead atoms. The van der Waals surface area contributed by atoms with Crippen LogP contribution in [0.3, 0.4) is 0 Å². The van der Waals surface area contributed by atoms with Crippen molar-refractivity contribution in [2.75, 3.05) is 0 Å². The summed E-state index contributed by atoms with van der Waals surface area (Å²) in [6.07, 6.45) is 23.7. The Labute approximate surface area is 256 Å². The average molecular weight is 577 g/mol. The van der Waals surface area contributed by atoms with Crippen molar-refractivity contribution >= 4 is 5.78 Å². The molecule has 8 aliphatic rings. The molecule has 6 fully saturated rings. The minimum absolute atomic E-state index is 0.0272. The van der Waals surface area contributed by atoms with Crippen molar-refractivity contribution in [3.05, 3.63) is 23.3 Å². The lowest BCUT2D eigenvalue weighted by Crippen LogP contribution is -2.48. The molecule has 3 nitrogen and oxygen atoms in total. The smallest absolute Gasteiger partial charge is 0.139 e. The second-order valence-electron chi connectivity index (χ2n) is 17.8. The molecular formula is C39H60O3. The van der Waals surface area contributed by atoms with Crippen LogP contribution in [0, 0.1) is 63.1 Å². The summed E-state index contributed by atoms with van der Waals surface area (Å²) in [7, 11) is 0. The third kappa shape index (κ3) is 4.28. The summed E-state index contributed by atoms with van der Waals surface area (Å²) >= 11 is 0. The van der Waals surface area contributed by atoms with E-state index < -0.39 is 0 Å². The minimum Gasteiger partial charge on any atom is -0.393 e. The predicted octanol–water partition coefficient (Wildman–Crippen LogP) is 8.83. The zero-order valence-electron chi connectivity index (χ0n) is 27.5. The quantitative estimate of drug-likeness (QED) is 0.283. The van der Waals surface area contributed by atoms with Gasteiger partial charge in [-0.2, -0.15) is 0 Å². The number of hydrogen-bond acceptors (Lipinski definition) is 3. The molecule has 6 saturated carbocycles. The Balaban J connectivity index is 0.000000137. The van der Waals surface area contributed by atoms with Gasteiger partial charge in [0.15, 0.2) is 0 Å². The van der Waals surface area contributed by atoms with E-state index in [1.54, 1.807) is 5.57 Å². The van der Waals surface area contributed by atoms with Gasteiger partial charge in [0.1, 0.15) is 5.78 Å². The van der Waals surface area contributed by atoms with E-state index in [2.05, 4.69) is 46.8 Å². The lowest BCUT2D eigenvalue weighted by Gasteiger charge is -2.56. The van der Waals surface area contributed by atoms with Crippen LogP contribution >= 0.6 is 0 Å². The van der Waals surface area contributed by atoms with Crippen LogP contribution < -0.4 is 0 Å². The van der Waals surface area contributed by atoms with Gasteiger partial charge in [-0.1, -0.05) is 57.9 Å². The lowest BCUT2D eigenvalue weighted by atomic mass is 9.49. The van der Waals surface area contributed by atoms with Crippen LogP contribution in [-0.2, 0) is 4.79 Å². The van der Waals surface area contributed by atoms with Crippen LogP contribution in [0.2, 0.25) is 0 Å². The van der Waals surface area contributed by atoms with Gasteiger partial charge in [-0.05, 0) is 154 Å². The molecular weight excluding hydrogens is 516 g/mol. The number of aliphatic hydroxyl groups is 2. The third-order valence-corrected chi connectivity index (χ3v) is 16.2. The largest absolute Gasteiger partial charge is 0.393 e. The van der Waals surface area contributed by atoms with Crippen LogP contribution in [0.1, 0.15) is 137 Å². The molecule has 0 aromatic heterocycles. The average Bonchev–Trinajstić information content (AvgIpc) is 3.44. The van der Waals surface area contributed by atoms with E-state index in [0.717, 1.165) is 75.0 Å². The van der Waals surface area contributed by atoms with Gasteiger partial charge in [-0.3, -0.25) is 4.79 Å². The molecule has 8 aliphatic carbocycles. The van der Waals surface area contributed by atoms with Gasteiger partial charge in [0.2, 0.25) is 0 Å². The van der Waals surface area contributed by atoms with Crippen LogP contribution in [0.5, 0.6) is 0 Å². The minimum atomic E-state index is -0.0814. The van der Waals surface area contributed by atoms with Crippen LogP contribution in [-0.4, -0.2) is 28.2 Å². The topological polar surface area (TPSA) is 57.5 Å². The fourth-order valence-corrected chi connectivity index (χ4v) is 13.0. The van der Waals surface area contributed by atoms with Crippen LogP contribution in [0.4, 0.5) is 0 Å². The summed E-state index contributed by atoms with van der Waals surface area (Å²) in [5, 5.41) is 20.1. The van der Waals surface area contributed by atoms with Gasteiger partial charge in [0.25, 0.3) is 0 Å². The number of carbonyl (C=O) groups is 1. The molecule has 0 aromatic carbocycles. The summed E-state index contributed by atoms with van der Waals surface area (Å²) in [5.74, 6) is 5.86. The van der Waals surface area contributed by atoms with Gasteiger partial charge < -0.3 is 10.2 Å². The maximum absolute atomic E-state index is 12.3. The molecule has 0 radical (unpaired) electrons. The molecule has 234 valence electrons. The highest BCUT2D eigenvalue weighted by atomic mass is 16.3. The Morgan fingerprint density at radius 3 is 1.79 bits per heavy atom. The molecule has 0 saturated heterocycles. The second kappa shape index (κ2) is 10.3. The molecule has 0 heterocycles. The van der Waals surface area contributed by atoms with Crippen molar-refractivity contribution in [3.63, 3.8) is 0 Å². The molecule has 42 heavy (non-hydrogen) atoms. The Hall–Kier alpha value is -0.930. The van der Waals surface area contributed by atoms with Gasteiger partial charge >= 0.3 is 0 Å². The molecule has 3 heteroatoms. The first kappa shape index (κ1) is 29.8. The normalized spacial score (nSPS) is 54.5. The molecule has 0 aromatic rings. The number of allylic oxidation sites excluding steroid dienone is 4. The van der Waals surface area contributed by atoms with Crippen molar-refractivity contribution in [3.8, 4) is 0 Å². The summed E-state index contributed by atoms with van der Waals surface area (Å²) in [4.78, 5) is 12.3. The fourth-order valence-electron chi connectivity index (χ4n) is 13.0. The molecule has 13 atom stereocenters. The lowest BCUT2D eigenvalue weighted by molar-refractivity contribution is -0.127. The molecule has 8 rings (SSSR count). The Kier molecular flexibility index (Phi) is 7.30. The summed E-state index contributed by atoms with van der Waals surface area (Å²) in [6, 6.07) is 0. The second-order valence-corrected chi connectivity index (χ2v) is 17.8. The molecule has 0 spiro atoms. The summed E-state index contributed by atoms with van der Waals surface area (Å²) in [5.41, 5.74) is 4.71. The first-order chi connectivity index (χ1) is 19.9. The Morgan fingerprint density at radius 2 is 1.19 bits per heavy atom. The standard InChI is InChI=1S/C20H32O.C19H28O2/c1-13-4-7-17-16-6-5-14-12-15(21)8-10-20(14,3)18(16)9-11-19(13,17)2;1-18-9-7-13(20)11-12(18)3-4-14-15-5-6-17(21)19(15,2)10-8-16(14)18/h9,13-17,21H,4-8,10-12H2,1-3H3;8,12-15,20H,3-7,9-11H2,1-2H3/t13-,14+,15+,16-,17-,19+,20-;12-,13-,14+,15+,18+,19+/m01/s1. The Morgan fingerprint density at radius 1 is 0.643 bits per heavy atom. The number of Topliss-reactive ketones (excluding diaryl/α,β-unsaturated/α-hetero) is 1. The maximum Gasteiger partial charge on any atom is 0.139 e. The SMILES string of the molecule is C[C@H]1CC[C@H]2[C@@H]3CC[C@@H]4C[C@H](O)CC[C@]4(C)C3=CC[C@]12C.C[C@]12CC[C@@H](O)C[C@H]1CC[C@@H]1C2=CC[C@]2(C)C(=O)CC[C@@H]12. The summed E-state index contributed by atoms with van der Waals surface area (Å²) < 4.78 is 0. The van der Waals surface area contributed by atoms with E-state index in [4.69, 9.17) is 0 Å². The van der Waals surface area contributed by atoms with Gasteiger partial charge in [-0.25, -0.2) is 0 Å². The third-order valence-electron chi connectivity index (χ3n) is 16.2. The number of rotatable bonds is 0. The summed E-state index contributed by atoms with van der Waals surface area (Å²) in [6.45, 7) is 12.3. The van der Waals surface area contributed by atoms with Crippen molar-refractivity contribution < 1.29 is 15.0 Å². The van der Waals surface area contributed by atoms with E-state index in [9.17, 15) is 15.0 Å². The van der Waals surface area contributed by atoms with Crippen LogP contribution in [0.15, 0.2) is 23.3 Å². The van der Waals surface area contributed by atoms with E-state index >= 15 is 0 Å². The predicted molar refractivity (Wildman–Crippen MR) is 170 cm³/mol. The highest BCUT2D eigenvalue weighted by Crippen LogP contribution is 2.66. The first-order valence-corrected chi connectivity index (χ1v) is 18.2. The van der Waals surface area contributed by atoms with E-state index in [-0.39, 0.29) is 17.6 Å². The van der Waals surface area contributed by atoms with Crippen molar-refractivity contribution in [1.82, 2.24) is 0 Å². The number of carbonyl (C=O) groups excluding carboxylic acids is 1. The van der Waals surface area contributed by atoms with E-state index in [0.29, 0.717) is 39.8 Å². The number of aliphatic hydroxyl groups excluding tert-OH is 2. The monoisotopic (exact) mass is 576 g/mol. The highest BCUT2D eigenvalue weighted by Gasteiger charge is 2.58. The molecule has 2 N–H and O–H groups in total. The Bertz CT molecular complexity index is 1150.